The largest absolute Gasteiger partial charge is 0.308 e. The third kappa shape index (κ3) is 2.98. The van der Waals surface area contributed by atoms with Crippen LogP contribution in [0.15, 0.2) is 48.0 Å². The number of nitrogens with one attached hydrogen (secondary N) is 2. The van der Waals surface area contributed by atoms with Gasteiger partial charge in [-0.05, 0) is 23.9 Å². The number of rotatable bonds is 5. The van der Waals surface area contributed by atoms with E-state index in [0.717, 1.165) is 18.8 Å². The van der Waals surface area contributed by atoms with Crippen LogP contribution in [-0.2, 0) is 13.1 Å². The Balaban J connectivity index is 1.64. The smallest absolute Gasteiger partial charge is 0.0794 e. The molecule has 0 atom stereocenters. The summed E-state index contributed by atoms with van der Waals surface area (Å²) in [5, 5.41) is 12.8. The van der Waals surface area contributed by atoms with Crippen LogP contribution in [0.5, 0.6) is 0 Å². The number of hydrogen-bond acceptors (Lipinski definition) is 3. The molecule has 102 valence electrons. The monoisotopic (exact) mass is 283 g/mol. The summed E-state index contributed by atoms with van der Waals surface area (Å²) in [5.41, 5.74) is 4.94. The second kappa shape index (κ2) is 6.03. The molecule has 0 fully saturated rings. The first-order chi connectivity index (χ1) is 9.83. The van der Waals surface area contributed by atoms with Crippen molar-refractivity contribution in [1.82, 2.24) is 15.5 Å². The predicted octanol–water partition coefficient (Wildman–Crippen LogP) is 3.74. The van der Waals surface area contributed by atoms with Crippen LogP contribution in [0.3, 0.4) is 0 Å². The molecule has 0 spiro atoms. The molecule has 1 aromatic carbocycles. The molecule has 4 heteroatoms. The molecule has 3 aromatic rings. The molecular weight excluding hydrogens is 266 g/mol. The molecular formula is C16H17N3S. The van der Waals surface area contributed by atoms with Crippen LogP contribution in [0, 0.1) is 6.92 Å². The lowest BCUT2D eigenvalue weighted by atomic mass is 10.1. The molecule has 0 aliphatic carbocycles. The molecule has 0 unspecified atom stereocenters. The summed E-state index contributed by atoms with van der Waals surface area (Å²) in [5.74, 6) is 0. The maximum Gasteiger partial charge on any atom is 0.0794 e. The fourth-order valence-corrected chi connectivity index (χ4v) is 3.00. The van der Waals surface area contributed by atoms with Crippen molar-refractivity contribution in [3.8, 4) is 10.6 Å². The summed E-state index contributed by atoms with van der Waals surface area (Å²) in [6.07, 6.45) is 1.90. The van der Waals surface area contributed by atoms with E-state index in [-0.39, 0.29) is 0 Å². The van der Waals surface area contributed by atoms with Gasteiger partial charge in [0, 0.05) is 18.7 Å². The van der Waals surface area contributed by atoms with E-state index in [1.165, 1.54) is 21.6 Å². The summed E-state index contributed by atoms with van der Waals surface area (Å²) in [7, 11) is 0. The van der Waals surface area contributed by atoms with Crippen LogP contribution in [0.1, 0.15) is 16.7 Å². The first kappa shape index (κ1) is 13.1. The van der Waals surface area contributed by atoms with Gasteiger partial charge in [-0.2, -0.15) is 5.10 Å². The quantitative estimate of drug-likeness (QED) is 0.749. The Morgan fingerprint density at radius 3 is 2.95 bits per heavy atom. The zero-order valence-corrected chi connectivity index (χ0v) is 12.2. The highest BCUT2D eigenvalue weighted by molar-refractivity contribution is 7.13. The van der Waals surface area contributed by atoms with Crippen molar-refractivity contribution in [3.05, 3.63) is 64.7 Å². The van der Waals surface area contributed by atoms with E-state index in [1.54, 1.807) is 11.3 Å². The number of H-pyrrole nitrogens is 1. The SMILES string of the molecule is Cc1cccc(CNCc2cn[nH]c2-c2cccs2)c1. The summed E-state index contributed by atoms with van der Waals surface area (Å²) >= 11 is 1.73. The Labute approximate surface area is 122 Å². The maximum absolute atomic E-state index is 4.16. The van der Waals surface area contributed by atoms with E-state index in [2.05, 4.69) is 64.2 Å². The van der Waals surface area contributed by atoms with Crippen molar-refractivity contribution in [3.63, 3.8) is 0 Å². The Hall–Kier alpha value is -1.91. The van der Waals surface area contributed by atoms with Gasteiger partial charge in [-0.1, -0.05) is 35.9 Å². The van der Waals surface area contributed by atoms with Gasteiger partial charge in [0.1, 0.15) is 0 Å². The van der Waals surface area contributed by atoms with E-state index >= 15 is 0 Å². The van der Waals surface area contributed by atoms with Crippen molar-refractivity contribution >= 4 is 11.3 Å². The van der Waals surface area contributed by atoms with E-state index in [9.17, 15) is 0 Å². The highest BCUT2D eigenvalue weighted by Crippen LogP contribution is 2.25. The summed E-state index contributed by atoms with van der Waals surface area (Å²) in [4.78, 5) is 1.23. The molecule has 0 saturated heterocycles. The second-order valence-corrected chi connectivity index (χ2v) is 5.79. The Kier molecular flexibility index (Phi) is 3.95. The van der Waals surface area contributed by atoms with E-state index < -0.39 is 0 Å². The van der Waals surface area contributed by atoms with Gasteiger partial charge >= 0.3 is 0 Å². The zero-order valence-electron chi connectivity index (χ0n) is 11.4. The standard InChI is InChI=1S/C16H17N3S/c1-12-4-2-5-13(8-12)9-17-10-14-11-18-19-16(14)15-6-3-7-20-15/h2-8,11,17H,9-10H2,1H3,(H,18,19). The molecule has 0 amide bonds. The van der Waals surface area contributed by atoms with Crippen LogP contribution >= 0.6 is 11.3 Å². The molecule has 3 nitrogen and oxygen atoms in total. The average Bonchev–Trinajstić information content (AvgIpc) is 3.09. The van der Waals surface area contributed by atoms with Crippen molar-refractivity contribution < 1.29 is 0 Å². The molecule has 0 bridgehead atoms. The highest BCUT2D eigenvalue weighted by atomic mass is 32.1. The minimum atomic E-state index is 0.817. The van der Waals surface area contributed by atoms with Gasteiger partial charge in [-0.15, -0.1) is 11.3 Å². The number of aromatic amines is 1. The maximum atomic E-state index is 4.16. The van der Waals surface area contributed by atoms with Gasteiger partial charge in [-0.25, -0.2) is 0 Å². The van der Waals surface area contributed by atoms with Gasteiger partial charge in [0.25, 0.3) is 0 Å². The zero-order chi connectivity index (χ0) is 13.8. The fraction of sp³-hybridized carbons (Fsp3) is 0.188. The topological polar surface area (TPSA) is 40.7 Å². The summed E-state index contributed by atoms with van der Waals surface area (Å²) in [6.45, 7) is 3.81. The van der Waals surface area contributed by atoms with Crippen LogP contribution in [0.25, 0.3) is 10.6 Å². The third-order valence-corrected chi connectivity index (χ3v) is 4.10. The number of nitrogens with zero attached hydrogens (tertiary/aromatic N) is 1. The number of thiophene rings is 1. The first-order valence-corrected chi connectivity index (χ1v) is 7.53. The van der Waals surface area contributed by atoms with Crippen molar-refractivity contribution in [2.75, 3.05) is 0 Å². The first-order valence-electron chi connectivity index (χ1n) is 6.65. The minimum Gasteiger partial charge on any atom is -0.308 e. The molecule has 20 heavy (non-hydrogen) atoms. The predicted molar refractivity (Wildman–Crippen MR) is 83.6 cm³/mol. The van der Waals surface area contributed by atoms with Gasteiger partial charge in [-0.3, -0.25) is 5.10 Å². The Bertz CT molecular complexity index is 671. The Morgan fingerprint density at radius 1 is 1.20 bits per heavy atom. The van der Waals surface area contributed by atoms with Crippen LogP contribution in [-0.4, -0.2) is 10.2 Å². The minimum absolute atomic E-state index is 0.817. The Morgan fingerprint density at radius 2 is 2.15 bits per heavy atom. The van der Waals surface area contributed by atoms with Crippen molar-refractivity contribution in [2.45, 2.75) is 20.0 Å². The normalized spacial score (nSPS) is 10.8. The van der Waals surface area contributed by atoms with Gasteiger partial charge in [0.15, 0.2) is 0 Å². The lowest BCUT2D eigenvalue weighted by Gasteiger charge is -2.06. The van der Waals surface area contributed by atoms with E-state index in [4.69, 9.17) is 0 Å². The van der Waals surface area contributed by atoms with Crippen molar-refractivity contribution in [2.24, 2.45) is 0 Å². The second-order valence-electron chi connectivity index (χ2n) is 4.84. The number of hydrogen-bond donors (Lipinski definition) is 2. The molecule has 0 aliphatic heterocycles. The highest BCUT2D eigenvalue weighted by Gasteiger charge is 2.07. The van der Waals surface area contributed by atoms with Crippen molar-refractivity contribution in [1.29, 1.82) is 0 Å². The summed E-state index contributed by atoms with van der Waals surface area (Å²) in [6, 6.07) is 12.8. The summed E-state index contributed by atoms with van der Waals surface area (Å²) < 4.78 is 0. The van der Waals surface area contributed by atoms with Crippen LogP contribution in [0.2, 0.25) is 0 Å². The molecule has 3 rings (SSSR count). The number of aromatic nitrogens is 2. The molecule has 2 N–H and O–H groups in total. The van der Waals surface area contributed by atoms with Crippen LogP contribution in [0.4, 0.5) is 0 Å². The third-order valence-electron chi connectivity index (χ3n) is 3.21. The van der Waals surface area contributed by atoms with Gasteiger partial charge in [0.2, 0.25) is 0 Å². The van der Waals surface area contributed by atoms with E-state index in [1.807, 2.05) is 6.20 Å². The average molecular weight is 283 g/mol. The van der Waals surface area contributed by atoms with E-state index in [0.29, 0.717) is 0 Å². The number of benzene rings is 1. The van der Waals surface area contributed by atoms with Crippen LogP contribution < -0.4 is 5.32 Å². The molecule has 0 saturated carbocycles. The lowest BCUT2D eigenvalue weighted by molar-refractivity contribution is 0.694. The number of aryl methyl sites for hydroxylation is 1. The lowest BCUT2D eigenvalue weighted by Crippen LogP contribution is -2.12. The van der Waals surface area contributed by atoms with Gasteiger partial charge < -0.3 is 5.32 Å². The molecule has 0 aliphatic rings. The fourth-order valence-electron chi connectivity index (χ4n) is 2.24. The molecule has 0 radical (unpaired) electrons. The van der Waals surface area contributed by atoms with Gasteiger partial charge in [0.05, 0.1) is 16.8 Å². The molecule has 2 heterocycles. The molecule has 2 aromatic heterocycles.